The lowest BCUT2D eigenvalue weighted by molar-refractivity contribution is -0.119. The molecule has 0 spiro atoms. The summed E-state index contributed by atoms with van der Waals surface area (Å²) in [6.45, 7) is 2.24. The van der Waals surface area contributed by atoms with Gasteiger partial charge in [0.2, 0.25) is 0 Å². The molecular weight excluding hydrogens is 630 g/mol. The number of carbonyl (C=O) groups is 3. The van der Waals surface area contributed by atoms with E-state index in [0.29, 0.717) is 46.2 Å². The van der Waals surface area contributed by atoms with Gasteiger partial charge in [-0.1, -0.05) is 11.6 Å². The van der Waals surface area contributed by atoms with Crippen LogP contribution in [0.3, 0.4) is 0 Å². The molecule has 0 aliphatic carbocycles. The van der Waals surface area contributed by atoms with E-state index in [-0.39, 0.29) is 46.5 Å². The van der Waals surface area contributed by atoms with Crippen LogP contribution in [0, 0.1) is 0 Å². The molecule has 12 nitrogen and oxygen atoms in total. The Labute approximate surface area is 281 Å². The van der Waals surface area contributed by atoms with Crippen LogP contribution in [-0.2, 0) is 9.59 Å². The first-order valence-corrected chi connectivity index (χ1v) is 15.6. The van der Waals surface area contributed by atoms with Crippen molar-refractivity contribution in [3.8, 4) is 34.3 Å². The molecular formula is C37H33N3O9. The highest BCUT2D eigenvalue weighted by atomic mass is 16.5. The number of nitrogens with zero attached hydrogens (tertiary/aromatic N) is 3. The Morgan fingerprint density at radius 2 is 1.47 bits per heavy atom. The molecule has 2 atom stereocenters. The van der Waals surface area contributed by atoms with Crippen LogP contribution in [-0.4, -0.2) is 63.8 Å². The highest BCUT2D eigenvalue weighted by Crippen LogP contribution is 2.49. The number of hydrogen-bond donors (Lipinski definition) is 0. The monoisotopic (exact) mass is 663 g/mol. The van der Waals surface area contributed by atoms with E-state index in [1.54, 1.807) is 65.4 Å². The van der Waals surface area contributed by atoms with E-state index in [2.05, 4.69) is 0 Å². The maximum Gasteiger partial charge on any atom is 0.325 e. The molecule has 4 aromatic rings. The summed E-state index contributed by atoms with van der Waals surface area (Å²) in [6.07, 6.45) is 4.93. The largest absolute Gasteiger partial charge is 0.497 e. The van der Waals surface area contributed by atoms with Crippen LogP contribution in [0.4, 0.5) is 16.2 Å². The third kappa shape index (κ3) is 5.16. The summed E-state index contributed by atoms with van der Waals surface area (Å²) < 4.78 is 28.8. The SMILES string of the molecule is COc1ccc(-c2cc(=O)c3c(OC)c(C4C=C(C)CC5CN(c6cc(OC)ccc6N6C(=O)C=CC6=O)C(=O)N54)c(OC)cc3o2)cc1. The van der Waals surface area contributed by atoms with Gasteiger partial charge in [-0.05, 0) is 49.7 Å². The molecule has 3 aliphatic rings. The molecule has 1 aromatic heterocycles. The van der Waals surface area contributed by atoms with Gasteiger partial charge in [0.05, 0.1) is 57.5 Å². The van der Waals surface area contributed by atoms with Gasteiger partial charge >= 0.3 is 6.03 Å². The van der Waals surface area contributed by atoms with E-state index in [0.717, 1.165) is 10.5 Å². The number of fused-ring (bicyclic) bond motifs is 2. The maximum atomic E-state index is 14.5. The van der Waals surface area contributed by atoms with Crippen molar-refractivity contribution < 1.29 is 37.7 Å². The minimum atomic E-state index is -0.697. The zero-order valence-electron chi connectivity index (χ0n) is 27.5. The number of amides is 4. The third-order valence-electron chi connectivity index (χ3n) is 9.13. The number of imide groups is 1. The van der Waals surface area contributed by atoms with E-state index < -0.39 is 17.9 Å². The van der Waals surface area contributed by atoms with Gasteiger partial charge in [0, 0.05) is 42.5 Å². The smallest absolute Gasteiger partial charge is 0.325 e. The summed E-state index contributed by atoms with van der Waals surface area (Å²) in [7, 11) is 6.04. The number of ether oxygens (including phenoxy) is 4. The number of hydrogen-bond acceptors (Lipinski definition) is 9. The third-order valence-corrected chi connectivity index (χ3v) is 9.13. The standard InChI is InChI=1S/C37H33N3O9/c1-20-14-22-19-38(26-16-24(46-3)10-11-25(26)40-32(42)12-13-33(40)43)37(44)39(22)27(15-20)34-30(47-4)18-31-35(36(34)48-5)28(41)17-29(49-31)21-6-8-23(45-2)9-7-21/h6-13,15-18,22,27H,14,19H2,1-5H3. The Balaban J connectivity index is 1.34. The summed E-state index contributed by atoms with van der Waals surface area (Å²) >= 11 is 0. The van der Waals surface area contributed by atoms with E-state index >= 15 is 0 Å². The molecule has 0 N–H and O–H groups in total. The van der Waals surface area contributed by atoms with Gasteiger partial charge in [0.15, 0.2) is 5.43 Å². The lowest BCUT2D eigenvalue weighted by Crippen LogP contribution is -2.40. The van der Waals surface area contributed by atoms with Crippen molar-refractivity contribution in [1.82, 2.24) is 4.90 Å². The van der Waals surface area contributed by atoms with Crippen LogP contribution in [0.15, 0.2) is 87.6 Å². The first-order chi connectivity index (χ1) is 23.7. The lowest BCUT2D eigenvalue weighted by atomic mass is 9.91. The maximum absolute atomic E-state index is 14.5. The lowest BCUT2D eigenvalue weighted by Gasteiger charge is -2.36. The Morgan fingerprint density at radius 3 is 2.12 bits per heavy atom. The van der Waals surface area contributed by atoms with Crippen molar-refractivity contribution in [3.63, 3.8) is 0 Å². The molecule has 0 saturated carbocycles. The Morgan fingerprint density at radius 1 is 0.776 bits per heavy atom. The normalized spacial score (nSPS) is 18.7. The molecule has 49 heavy (non-hydrogen) atoms. The second kappa shape index (κ2) is 12.2. The van der Waals surface area contributed by atoms with Crippen molar-refractivity contribution in [2.45, 2.75) is 25.4 Å². The van der Waals surface area contributed by atoms with Crippen LogP contribution in [0.5, 0.6) is 23.0 Å². The van der Waals surface area contributed by atoms with Crippen molar-refractivity contribution in [2.24, 2.45) is 0 Å². The molecule has 4 heterocycles. The van der Waals surface area contributed by atoms with Gasteiger partial charge in [-0.3, -0.25) is 19.3 Å². The molecule has 3 aromatic carbocycles. The highest BCUT2D eigenvalue weighted by molar-refractivity contribution is 6.29. The first kappa shape index (κ1) is 31.6. The summed E-state index contributed by atoms with van der Waals surface area (Å²) in [5.41, 5.74) is 2.74. The minimum Gasteiger partial charge on any atom is -0.497 e. The Kier molecular flexibility index (Phi) is 7.86. The van der Waals surface area contributed by atoms with Crippen LogP contribution >= 0.6 is 0 Å². The summed E-state index contributed by atoms with van der Waals surface area (Å²) in [6, 6.07) is 13.7. The molecule has 3 aliphatic heterocycles. The van der Waals surface area contributed by atoms with Gasteiger partial charge in [-0.15, -0.1) is 0 Å². The average Bonchev–Trinajstić information content (AvgIpc) is 3.63. The predicted octanol–water partition coefficient (Wildman–Crippen LogP) is 5.63. The van der Waals surface area contributed by atoms with Crippen LogP contribution in [0.2, 0.25) is 0 Å². The van der Waals surface area contributed by atoms with Crippen molar-refractivity contribution in [3.05, 3.63) is 94.2 Å². The second-order valence-corrected chi connectivity index (χ2v) is 11.9. The number of anilines is 2. The van der Waals surface area contributed by atoms with Gasteiger partial charge in [0.25, 0.3) is 11.8 Å². The zero-order valence-corrected chi connectivity index (χ0v) is 27.5. The number of methoxy groups -OCH3 is 4. The van der Waals surface area contributed by atoms with Gasteiger partial charge in [0.1, 0.15) is 39.7 Å². The number of urea groups is 1. The average molecular weight is 664 g/mol. The molecule has 4 amide bonds. The summed E-state index contributed by atoms with van der Waals surface area (Å²) in [5.74, 6) is 1.06. The topological polar surface area (TPSA) is 128 Å². The second-order valence-electron chi connectivity index (χ2n) is 11.9. The number of benzene rings is 3. The molecule has 12 heteroatoms. The zero-order chi connectivity index (χ0) is 34.6. The molecule has 1 saturated heterocycles. The summed E-state index contributed by atoms with van der Waals surface area (Å²) in [4.78, 5) is 58.1. The molecule has 0 radical (unpaired) electrons. The fourth-order valence-corrected chi connectivity index (χ4v) is 6.91. The molecule has 2 unspecified atom stereocenters. The van der Waals surface area contributed by atoms with Crippen LogP contribution < -0.4 is 34.2 Å². The van der Waals surface area contributed by atoms with E-state index in [9.17, 15) is 19.2 Å². The van der Waals surface area contributed by atoms with E-state index in [1.807, 2.05) is 13.0 Å². The van der Waals surface area contributed by atoms with Crippen molar-refractivity contribution >= 4 is 40.2 Å². The van der Waals surface area contributed by atoms with Crippen molar-refractivity contribution in [1.29, 1.82) is 0 Å². The molecule has 7 rings (SSSR count). The Hall–Kier alpha value is -6.04. The molecule has 250 valence electrons. The first-order valence-electron chi connectivity index (χ1n) is 15.6. The van der Waals surface area contributed by atoms with Crippen LogP contribution in [0.25, 0.3) is 22.3 Å². The van der Waals surface area contributed by atoms with Gasteiger partial charge < -0.3 is 28.3 Å². The van der Waals surface area contributed by atoms with Crippen LogP contribution in [0.1, 0.15) is 24.9 Å². The predicted molar refractivity (Wildman–Crippen MR) is 182 cm³/mol. The quantitative estimate of drug-likeness (QED) is 0.174. The molecule has 0 bridgehead atoms. The van der Waals surface area contributed by atoms with E-state index in [1.165, 1.54) is 39.5 Å². The van der Waals surface area contributed by atoms with Gasteiger partial charge in [-0.25, -0.2) is 9.69 Å². The number of rotatable bonds is 8. The fraction of sp³-hybridized carbons (Fsp3) is 0.243. The Bertz CT molecular complexity index is 2130. The fourth-order valence-electron chi connectivity index (χ4n) is 6.91. The molecule has 1 fully saturated rings. The van der Waals surface area contributed by atoms with Gasteiger partial charge in [-0.2, -0.15) is 0 Å². The van der Waals surface area contributed by atoms with Crippen molar-refractivity contribution in [2.75, 3.05) is 44.8 Å². The number of carbonyl (C=O) groups excluding carboxylic acids is 3. The summed E-state index contributed by atoms with van der Waals surface area (Å²) in [5, 5.41) is 0.209. The highest BCUT2D eigenvalue weighted by Gasteiger charge is 2.47. The minimum absolute atomic E-state index is 0.209. The van der Waals surface area contributed by atoms with E-state index in [4.69, 9.17) is 23.4 Å².